The molecule has 3 N–H and O–H groups in total. The van der Waals surface area contributed by atoms with E-state index in [-0.39, 0.29) is 41.6 Å². The fraction of sp³-hybridized carbons (Fsp3) is 0.386. The van der Waals surface area contributed by atoms with E-state index in [1.54, 1.807) is 13.0 Å². The smallest absolute Gasteiger partial charge is 0.336 e. The maximum Gasteiger partial charge on any atom is 0.336 e. The van der Waals surface area contributed by atoms with Crippen LogP contribution in [0, 0.1) is 6.92 Å². The first-order valence-corrected chi connectivity index (χ1v) is 22.7. The lowest BCUT2D eigenvalue weighted by Crippen LogP contribution is -2.44. The summed E-state index contributed by atoms with van der Waals surface area (Å²) in [6.45, 7) is 12.1. The molecule has 0 bridgehead atoms. The molecule has 1 amide bonds. The van der Waals surface area contributed by atoms with Gasteiger partial charge in [0.2, 0.25) is 14.2 Å². The lowest BCUT2D eigenvalue weighted by atomic mass is 9.80. The highest BCUT2D eigenvalue weighted by Gasteiger charge is 2.41. The van der Waals surface area contributed by atoms with E-state index in [1.807, 2.05) is 91.0 Å². The third-order valence-electron chi connectivity index (χ3n) is 10.3. The highest BCUT2D eigenvalue weighted by atomic mass is 32.2. The summed E-state index contributed by atoms with van der Waals surface area (Å²) in [5.41, 5.74) is 2.65. The average molecular weight is 802 g/mol. The molecule has 4 aromatic rings. The van der Waals surface area contributed by atoms with Crippen molar-refractivity contribution >= 4 is 37.9 Å². The maximum absolute atomic E-state index is 13.3. The van der Waals surface area contributed by atoms with Crippen molar-refractivity contribution in [3.05, 3.63) is 130 Å². The average Bonchev–Trinajstić information content (AvgIpc) is 3.18. The summed E-state index contributed by atoms with van der Waals surface area (Å²) in [4.78, 5) is 38.7. The van der Waals surface area contributed by atoms with Crippen molar-refractivity contribution in [1.29, 1.82) is 0 Å². The second-order valence-corrected chi connectivity index (χ2v) is 20.9. The number of nitrogens with one attached hydrogen (secondary N) is 1. The number of benzene rings is 4. The van der Waals surface area contributed by atoms with E-state index in [0.29, 0.717) is 22.6 Å². The Balaban J connectivity index is 1.47. The summed E-state index contributed by atoms with van der Waals surface area (Å²) in [5, 5.41) is 24.1. The Kier molecular flexibility index (Phi) is 15.3. The molecule has 0 aromatic heterocycles. The van der Waals surface area contributed by atoms with Crippen molar-refractivity contribution in [2.24, 2.45) is 0 Å². The van der Waals surface area contributed by atoms with Crippen LogP contribution in [-0.2, 0) is 30.4 Å². The van der Waals surface area contributed by atoms with Gasteiger partial charge in [-0.2, -0.15) is 11.8 Å². The first-order chi connectivity index (χ1) is 26.5. The summed E-state index contributed by atoms with van der Waals surface area (Å²) in [7, 11) is 0.330. The minimum absolute atomic E-state index is 0.0720. The van der Waals surface area contributed by atoms with Crippen LogP contribution < -0.4 is 14.5 Å². The van der Waals surface area contributed by atoms with Gasteiger partial charge in [-0.1, -0.05) is 112 Å². The van der Waals surface area contributed by atoms with Gasteiger partial charge in [-0.05, 0) is 48.2 Å². The van der Waals surface area contributed by atoms with Gasteiger partial charge in [0.25, 0.3) is 0 Å². The number of aliphatic hydroxyl groups excluding tert-OH is 1. The van der Waals surface area contributed by atoms with Crippen LogP contribution in [0.1, 0.15) is 71.8 Å². The molecule has 56 heavy (non-hydrogen) atoms. The number of carboxylic acids is 1. The molecule has 0 aliphatic carbocycles. The van der Waals surface area contributed by atoms with Crippen molar-refractivity contribution in [2.75, 3.05) is 26.6 Å². The summed E-state index contributed by atoms with van der Waals surface area (Å²) in [6, 6.07) is 30.1. The van der Waals surface area contributed by atoms with Gasteiger partial charge in [-0.3, -0.25) is 4.79 Å². The molecule has 12 heteroatoms. The van der Waals surface area contributed by atoms with Crippen LogP contribution in [0.5, 0.6) is 11.5 Å². The minimum Gasteiger partial charge on any atom is -0.543 e. The number of thioether (sulfide) groups is 1. The molecule has 0 saturated carbocycles. The van der Waals surface area contributed by atoms with Crippen LogP contribution in [0.3, 0.4) is 0 Å². The molecule has 0 spiro atoms. The molecule has 300 valence electrons. The van der Waals surface area contributed by atoms with Crippen LogP contribution in [0.25, 0.3) is 0 Å². The van der Waals surface area contributed by atoms with Crippen molar-refractivity contribution < 1.29 is 43.2 Å². The number of carbonyl (C=O) groups is 3. The van der Waals surface area contributed by atoms with Crippen molar-refractivity contribution in [3.63, 3.8) is 0 Å². The van der Waals surface area contributed by atoms with Crippen LogP contribution in [0.2, 0.25) is 18.1 Å². The number of methoxy groups -OCH3 is 2. The zero-order chi connectivity index (χ0) is 41.1. The SMILES string of the molecule is COC(=O)[C@H](CSCc1c(O[Si](C)(C)C(C)(C)C)cc(OC)c(C)c1C(=O)O)NC(=O)CC[C@@H](O)COC(c1ccccc1)(c1ccccc1)c1ccccc1. The molecule has 0 saturated heterocycles. The molecule has 0 radical (unpaired) electrons. The first kappa shape index (κ1) is 44.1. The fourth-order valence-corrected chi connectivity index (χ4v) is 8.28. The lowest BCUT2D eigenvalue weighted by Gasteiger charge is -2.37. The Morgan fingerprint density at radius 1 is 0.839 bits per heavy atom. The number of hydrogen-bond acceptors (Lipinski definition) is 9. The van der Waals surface area contributed by atoms with Crippen LogP contribution in [0.15, 0.2) is 97.1 Å². The Labute approximate surface area is 336 Å². The van der Waals surface area contributed by atoms with E-state index < -0.39 is 43.9 Å². The zero-order valence-electron chi connectivity index (χ0n) is 33.6. The number of aromatic carboxylic acids is 1. The number of amides is 1. The van der Waals surface area contributed by atoms with E-state index in [4.69, 9.17) is 18.6 Å². The van der Waals surface area contributed by atoms with E-state index in [9.17, 15) is 24.6 Å². The van der Waals surface area contributed by atoms with Crippen LogP contribution in [-0.4, -0.2) is 75.1 Å². The third-order valence-corrected chi connectivity index (χ3v) is 15.7. The molecule has 2 atom stereocenters. The first-order valence-electron chi connectivity index (χ1n) is 18.6. The monoisotopic (exact) mass is 801 g/mol. The van der Waals surface area contributed by atoms with Gasteiger partial charge in [-0.15, -0.1) is 0 Å². The topological polar surface area (TPSA) is 141 Å². The predicted molar refractivity (Wildman–Crippen MR) is 223 cm³/mol. The highest BCUT2D eigenvalue weighted by molar-refractivity contribution is 7.98. The molecule has 4 rings (SSSR count). The normalized spacial score (nSPS) is 13.0. The van der Waals surface area contributed by atoms with E-state index >= 15 is 0 Å². The molecular weight excluding hydrogens is 747 g/mol. The number of hydrogen-bond donors (Lipinski definition) is 3. The van der Waals surface area contributed by atoms with Gasteiger partial charge < -0.3 is 34.2 Å². The molecular formula is C44H55NO9SSi. The van der Waals surface area contributed by atoms with Gasteiger partial charge in [0.1, 0.15) is 23.1 Å². The second-order valence-electron chi connectivity index (χ2n) is 15.2. The summed E-state index contributed by atoms with van der Waals surface area (Å²) in [5.74, 6) is -1.10. The van der Waals surface area contributed by atoms with Gasteiger partial charge in [0, 0.05) is 35.1 Å². The molecule has 10 nitrogen and oxygen atoms in total. The van der Waals surface area contributed by atoms with E-state index in [0.717, 1.165) is 16.7 Å². The number of esters is 1. The number of carbonyl (C=O) groups excluding carboxylic acids is 2. The van der Waals surface area contributed by atoms with E-state index in [2.05, 4.69) is 39.2 Å². The Morgan fingerprint density at radius 3 is 1.80 bits per heavy atom. The van der Waals surface area contributed by atoms with Crippen molar-refractivity contribution in [3.8, 4) is 11.5 Å². The van der Waals surface area contributed by atoms with Gasteiger partial charge >= 0.3 is 11.9 Å². The summed E-state index contributed by atoms with van der Waals surface area (Å²) >= 11 is 1.28. The molecule has 0 aliphatic rings. The van der Waals surface area contributed by atoms with Crippen LogP contribution >= 0.6 is 11.8 Å². The molecule has 0 heterocycles. The van der Waals surface area contributed by atoms with Crippen molar-refractivity contribution in [2.45, 2.75) is 82.2 Å². The Morgan fingerprint density at radius 2 is 1.36 bits per heavy atom. The highest BCUT2D eigenvalue weighted by Crippen LogP contribution is 2.43. The number of ether oxygens (including phenoxy) is 3. The maximum atomic E-state index is 13.3. The Bertz CT molecular complexity index is 1820. The van der Waals surface area contributed by atoms with Gasteiger partial charge in [-0.25, -0.2) is 9.59 Å². The van der Waals surface area contributed by atoms with E-state index in [1.165, 1.54) is 26.0 Å². The summed E-state index contributed by atoms with van der Waals surface area (Å²) in [6.07, 6.45) is -1.01. The summed E-state index contributed by atoms with van der Waals surface area (Å²) < 4.78 is 23.9. The largest absolute Gasteiger partial charge is 0.543 e. The second kappa shape index (κ2) is 19.5. The van der Waals surface area contributed by atoms with Gasteiger partial charge in [0.05, 0.1) is 32.5 Å². The molecule has 0 fully saturated rings. The lowest BCUT2D eigenvalue weighted by molar-refractivity contribution is -0.144. The molecule has 4 aromatic carbocycles. The van der Waals surface area contributed by atoms with Crippen molar-refractivity contribution in [1.82, 2.24) is 5.32 Å². The fourth-order valence-electron chi connectivity index (χ4n) is 6.18. The quantitative estimate of drug-likeness (QED) is 0.0484. The van der Waals surface area contributed by atoms with Gasteiger partial charge in [0.15, 0.2) is 0 Å². The third kappa shape index (κ3) is 10.6. The molecule has 0 unspecified atom stereocenters. The minimum atomic E-state index is -2.40. The number of rotatable bonds is 19. The predicted octanol–water partition coefficient (Wildman–Crippen LogP) is 8.13. The number of carboxylic acid groups (broad SMARTS) is 1. The molecule has 0 aliphatic heterocycles. The standard InChI is InChI=1S/C44H55NO9SSi/c1-30-37(51-5)26-38(54-56(7,8)43(2,3)4)35(40(30)41(48)49)28-55-29-36(42(50)52-6)45-39(47)25-24-34(46)27-53-44(31-18-12-9-13-19-31,32-20-14-10-15-21-32)33-22-16-11-17-23-33/h9-23,26,34,36,46H,24-25,27-29H2,1-8H3,(H,45,47)(H,48,49)/t34-,36+/m1/s1. The number of aliphatic hydroxyl groups is 1. The van der Waals surface area contributed by atoms with Crippen LogP contribution in [0.4, 0.5) is 0 Å². The zero-order valence-corrected chi connectivity index (χ0v) is 35.4. The Hall–Kier alpha value is -4.62.